The van der Waals surface area contributed by atoms with Crippen molar-refractivity contribution in [3.63, 3.8) is 0 Å². The molecule has 3 heterocycles. The number of hydrogen-bond acceptors (Lipinski definition) is 6. The van der Waals surface area contributed by atoms with Gasteiger partial charge in [-0.3, -0.25) is 14.4 Å². The smallest absolute Gasteiger partial charge is 0.312 e. The molecule has 0 aromatic carbocycles. The number of unbranched alkanes of at least 4 members (excludes halogenated alkanes) is 2. The molecule has 0 aromatic heterocycles. The summed E-state index contributed by atoms with van der Waals surface area (Å²) < 4.78 is 12.3. The number of rotatable bonds is 13. The van der Waals surface area contributed by atoms with Gasteiger partial charge in [-0.05, 0) is 58.3 Å². The Morgan fingerprint density at radius 3 is 2.59 bits per heavy atom. The molecule has 1 N–H and O–H groups in total. The summed E-state index contributed by atoms with van der Waals surface area (Å²) in [5, 5.41) is 9.55. The Morgan fingerprint density at radius 2 is 1.92 bits per heavy atom. The van der Waals surface area contributed by atoms with Crippen molar-refractivity contribution in [3.8, 4) is 0 Å². The molecule has 3 saturated heterocycles. The third kappa shape index (κ3) is 4.99. The van der Waals surface area contributed by atoms with Crippen LogP contribution in [0.2, 0.25) is 0 Å². The Labute approximate surface area is 221 Å². The van der Waals surface area contributed by atoms with E-state index in [0.717, 1.165) is 44.9 Å². The van der Waals surface area contributed by atoms with Gasteiger partial charge in [-0.2, -0.15) is 0 Å². The topological polar surface area (TPSA) is 96.4 Å². The molecule has 3 aliphatic heterocycles. The number of fused-ring (bicyclic) bond motifs is 1. The van der Waals surface area contributed by atoms with E-state index in [0.29, 0.717) is 32.4 Å². The van der Waals surface area contributed by atoms with Crippen molar-refractivity contribution in [1.82, 2.24) is 9.80 Å². The average molecular weight is 517 g/mol. The molecule has 1 spiro atoms. The van der Waals surface area contributed by atoms with Crippen molar-refractivity contribution < 1.29 is 29.0 Å². The van der Waals surface area contributed by atoms with Crippen LogP contribution in [0.25, 0.3) is 0 Å². The van der Waals surface area contributed by atoms with E-state index in [-0.39, 0.29) is 31.0 Å². The zero-order chi connectivity index (χ0) is 26.6. The fraction of sp³-hybridized carbons (Fsp3) is 0.759. The van der Waals surface area contributed by atoms with Gasteiger partial charge in [0.2, 0.25) is 11.8 Å². The molecule has 4 aliphatic rings. The van der Waals surface area contributed by atoms with Crippen LogP contribution in [0.1, 0.15) is 77.6 Å². The molecule has 1 saturated carbocycles. The fourth-order valence-electron chi connectivity index (χ4n) is 7.31. The molecule has 8 heteroatoms. The molecular weight excluding hydrogens is 472 g/mol. The first-order valence-electron chi connectivity index (χ1n) is 14.1. The van der Waals surface area contributed by atoms with Gasteiger partial charge in [0.05, 0.1) is 18.1 Å². The monoisotopic (exact) mass is 516 g/mol. The van der Waals surface area contributed by atoms with Gasteiger partial charge in [-0.1, -0.05) is 31.4 Å². The van der Waals surface area contributed by atoms with Crippen LogP contribution in [0.3, 0.4) is 0 Å². The number of ether oxygens (including phenoxy) is 2. The van der Waals surface area contributed by atoms with Gasteiger partial charge in [-0.15, -0.1) is 13.2 Å². The molecule has 5 atom stereocenters. The number of esters is 1. The number of carbonyl (C=O) groups excluding carboxylic acids is 3. The van der Waals surface area contributed by atoms with Crippen molar-refractivity contribution in [1.29, 1.82) is 0 Å². The maximum absolute atomic E-state index is 14.3. The number of likely N-dealkylation sites (tertiary alicyclic amines) is 1. The number of carbonyl (C=O) groups is 3. The molecule has 206 valence electrons. The highest BCUT2D eigenvalue weighted by Crippen LogP contribution is 2.63. The van der Waals surface area contributed by atoms with Crippen molar-refractivity contribution in [2.75, 3.05) is 26.3 Å². The maximum atomic E-state index is 14.3. The third-order valence-corrected chi connectivity index (χ3v) is 8.99. The number of aliphatic hydroxyl groups is 1. The Bertz CT molecular complexity index is 886. The summed E-state index contributed by atoms with van der Waals surface area (Å²) in [6.07, 6.45) is 12.8. The lowest BCUT2D eigenvalue weighted by atomic mass is 9.66. The lowest BCUT2D eigenvalue weighted by molar-refractivity contribution is -0.161. The second kappa shape index (κ2) is 11.7. The predicted octanol–water partition coefficient (Wildman–Crippen LogP) is 3.38. The molecular formula is C29H44N2O6. The molecule has 0 aromatic rings. The van der Waals surface area contributed by atoms with Crippen molar-refractivity contribution in [2.24, 2.45) is 11.8 Å². The van der Waals surface area contributed by atoms with Gasteiger partial charge in [0.25, 0.3) is 0 Å². The summed E-state index contributed by atoms with van der Waals surface area (Å²) in [6.45, 7) is 10.4. The number of nitrogens with zero attached hydrogens (tertiary/aromatic N) is 2. The van der Waals surface area contributed by atoms with Crippen LogP contribution in [0.4, 0.5) is 0 Å². The van der Waals surface area contributed by atoms with E-state index < -0.39 is 35.0 Å². The zero-order valence-corrected chi connectivity index (χ0v) is 22.4. The van der Waals surface area contributed by atoms with E-state index in [1.807, 2.05) is 17.9 Å². The van der Waals surface area contributed by atoms with Crippen LogP contribution in [-0.2, 0) is 23.9 Å². The van der Waals surface area contributed by atoms with E-state index in [9.17, 15) is 19.5 Å². The molecule has 2 unspecified atom stereocenters. The Balaban J connectivity index is 1.63. The summed E-state index contributed by atoms with van der Waals surface area (Å²) in [5.41, 5.74) is -1.90. The summed E-state index contributed by atoms with van der Waals surface area (Å²) in [7, 11) is 0. The summed E-state index contributed by atoms with van der Waals surface area (Å²) in [6, 6.07) is -0.708. The molecule has 1 aliphatic carbocycles. The molecule has 0 radical (unpaired) electrons. The van der Waals surface area contributed by atoms with Crippen LogP contribution in [0.5, 0.6) is 0 Å². The first-order valence-corrected chi connectivity index (χ1v) is 14.1. The highest BCUT2D eigenvalue weighted by molar-refractivity contribution is 5.98. The van der Waals surface area contributed by atoms with Crippen molar-refractivity contribution in [2.45, 2.75) is 101 Å². The maximum Gasteiger partial charge on any atom is 0.312 e. The van der Waals surface area contributed by atoms with Crippen LogP contribution in [0, 0.1) is 11.8 Å². The third-order valence-electron chi connectivity index (χ3n) is 8.99. The Kier molecular flexibility index (Phi) is 8.79. The summed E-state index contributed by atoms with van der Waals surface area (Å²) in [5.74, 6) is -2.26. The molecule has 4 rings (SSSR count). The standard InChI is InChI=1S/C29H44N2O6/c1-4-6-7-11-20-36-27(35)23-22-25(33)31(18-12-19-32)24(29(22)16-15-28(23,3)37-29)26(34)30(17-5-2)21-13-9-8-10-14-21/h4-5,21-24,32H,1-2,6-20H2,3H3/t22-,23+,24?,28-,29?/m0/s1. The number of hydrogen-bond donors (Lipinski definition) is 1. The SMILES string of the molecule is C=CCCCCOC(=O)[C@H]1[C@H]2C(=O)N(CCCO)C(C(=O)N(CC=C)C3CCCCC3)C23CC[C@]1(C)O3. The summed E-state index contributed by atoms with van der Waals surface area (Å²) in [4.78, 5) is 45.2. The van der Waals surface area contributed by atoms with Crippen LogP contribution in [0.15, 0.2) is 25.3 Å². The summed E-state index contributed by atoms with van der Waals surface area (Å²) >= 11 is 0. The van der Waals surface area contributed by atoms with E-state index in [1.54, 1.807) is 11.0 Å². The minimum atomic E-state index is -1.06. The average Bonchev–Trinajstić information content (AvgIpc) is 3.46. The first kappa shape index (κ1) is 27.8. The molecule has 37 heavy (non-hydrogen) atoms. The predicted molar refractivity (Wildman–Crippen MR) is 139 cm³/mol. The number of aliphatic hydroxyl groups excluding tert-OH is 1. The van der Waals surface area contributed by atoms with Gasteiger partial charge < -0.3 is 24.4 Å². The van der Waals surface area contributed by atoms with E-state index >= 15 is 0 Å². The molecule has 8 nitrogen and oxygen atoms in total. The fourth-order valence-corrected chi connectivity index (χ4v) is 7.31. The van der Waals surface area contributed by atoms with Gasteiger partial charge in [0.1, 0.15) is 17.6 Å². The quantitative estimate of drug-likeness (QED) is 0.229. The van der Waals surface area contributed by atoms with E-state index in [4.69, 9.17) is 9.47 Å². The van der Waals surface area contributed by atoms with Crippen LogP contribution >= 0.6 is 0 Å². The second-order valence-corrected chi connectivity index (χ2v) is 11.4. The van der Waals surface area contributed by atoms with Crippen LogP contribution < -0.4 is 0 Å². The number of allylic oxidation sites excluding steroid dienone is 1. The zero-order valence-electron chi connectivity index (χ0n) is 22.4. The highest BCUT2D eigenvalue weighted by atomic mass is 16.6. The van der Waals surface area contributed by atoms with E-state index in [2.05, 4.69) is 13.2 Å². The second-order valence-electron chi connectivity index (χ2n) is 11.4. The lowest BCUT2D eigenvalue weighted by Gasteiger charge is -2.40. The van der Waals surface area contributed by atoms with Gasteiger partial charge in [-0.25, -0.2) is 0 Å². The molecule has 4 fully saturated rings. The first-order chi connectivity index (χ1) is 17.8. The number of amides is 2. The minimum absolute atomic E-state index is 0.0872. The van der Waals surface area contributed by atoms with Crippen molar-refractivity contribution in [3.05, 3.63) is 25.3 Å². The Morgan fingerprint density at radius 1 is 1.16 bits per heavy atom. The largest absolute Gasteiger partial charge is 0.465 e. The van der Waals surface area contributed by atoms with Gasteiger partial charge in [0.15, 0.2) is 0 Å². The normalized spacial score (nSPS) is 32.9. The van der Waals surface area contributed by atoms with Gasteiger partial charge >= 0.3 is 5.97 Å². The molecule has 2 amide bonds. The Hall–Kier alpha value is -2.19. The highest BCUT2D eigenvalue weighted by Gasteiger charge is 2.78. The minimum Gasteiger partial charge on any atom is -0.465 e. The van der Waals surface area contributed by atoms with Gasteiger partial charge in [0, 0.05) is 25.7 Å². The lowest BCUT2D eigenvalue weighted by Crippen LogP contribution is -2.58. The molecule has 2 bridgehead atoms. The van der Waals surface area contributed by atoms with Crippen molar-refractivity contribution >= 4 is 17.8 Å². The van der Waals surface area contributed by atoms with Crippen LogP contribution in [-0.4, -0.2) is 82.3 Å². The van der Waals surface area contributed by atoms with E-state index in [1.165, 1.54) is 6.42 Å².